The van der Waals surface area contributed by atoms with Crippen molar-refractivity contribution in [3.63, 3.8) is 0 Å². The first-order valence-electron chi connectivity index (χ1n) is 6.13. The van der Waals surface area contributed by atoms with Gasteiger partial charge >= 0.3 is 0 Å². The molecule has 1 N–H and O–H groups in total. The van der Waals surface area contributed by atoms with E-state index in [9.17, 15) is 0 Å². The lowest BCUT2D eigenvalue weighted by atomic mass is 9.99. The number of fused-ring (bicyclic) bond motifs is 1. The van der Waals surface area contributed by atoms with E-state index >= 15 is 0 Å². The molecule has 94 valence electrons. The number of aromatic nitrogens is 1. The first-order chi connectivity index (χ1) is 8.83. The first kappa shape index (κ1) is 11.8. The maximum Gasteiger partial charge on any atom is 0.107 e. The molecule has 0 saturated heterocycles. The number of nitrogens with one attached hydrogen (secondary N) is 1. The van der Waals surface area contributed by atoms with Gasteiger partial charge in [-0.3, -0.25) is 0 Å². The van der Waals surface area contributed by atoms with E-state index in [1.165, 1.54) is 16.0 Å². The molecular formula is C14H16N2OS. The van der Waals surface area contributed by atoms with Gasteiger partial charge in [0, 0.05) is 17.6 Å². The summed E-state index contributed by atoms with van der Waals surface area (Å²) in [6, 6.07) is 8.75. The molecule has 1 aromatic heterocycles. The molecule has 1 aliphatic rings. The molecule has 3 nitrogen and oxygen atoms in total. The van der Waals surface area contributed by atoms with Crippen LogP contribution in [-0.4, -0.2) is 11.6 Å². The maximum absolute atomic E-state index is 5.62. The van der Waals surface area contributed by atoms with Crippen LogP contribution >= 0.6 is 11.3 Å². The molecule has 18 heavy (non-hydrogen) atoms. The highest BCUT2D eigenvalue weighted by Crippen LogP contribution is 2.25. The zero-order valence-corrected chi connectivity index (χ0v) is 11.2. The van der Waals surface area contributed by atoms with Crippen molar-refractivity contribution >= 4 is 11.3 Å². The van der Waals surface area contributed by atoms with E-state index in [4.69, 9.17) is 4.74 Å². The third-order valence-corrected chi connectivity index (χ3v) is 4.05. The van der Waals surface area contributed by atoms with Crippen LogP contribution in [0.15, 0.2) is 30.5 Å². The molecule has 1 aromatic carbocycles. The van der Waals surface area contributed by atoms with Gasteiger partial charge in [0.2, 0.25) is 0 Å². The molecule has 0 aliphatic carbocycles. The average Bonchev–Trinajstić information content (AvgIpc) is 2.82. The van der Waals surface area contributed by atoms with Gasteiger partial charge in [-0.15, -0.1) is 11.3 Å². The van der Waals surface area contributed by atoms with Crippen LogP contribution in [0.1, 0.15) is 27.1 Å². The fraction of sp³-hybridized carbons (Fsp3) is 0.357. The second-order valence-corrected chi connectivity index (χ2v) is 5.83. The van der Waals surface area contributed by atoms with Gasteiger partial charge in [-0.05, 0) is 18.1 Å². The topological polar surface area (TPSA) is 34.2 Å². The summed E-state index contributed by atoms with van der Waals surface area (Å²) in [4.78, 5) is 5.63. The Bertz CT molecular complexity index is 538. The number of aryl methyl sites for hydroxylation is 1. The summed E-state index contributed by atoms with van der Waals surface area (Å²) in [7, 11) is 0. The van der Waals surface area contributed by atoms with E-state index in [-0.39, 0.29) is 6.04 Å². The zero-order chi connectivity index (χ0) is 12.4. The van der Waals surface area contributed by atoms with Gasteiger partial charge in [0.1, 0.15) is 5.01 Å². The van der Waals surface area contributed by atoms with Gasteiger partial charge in [-0.2, -0.15) is 0 Å². The number of hydrogen-bond acceptors (Lipinski definition) is 4. The Morgan fingerprint density at radius 2 is 2.33 bits per heavy atom. The van der Waals surface area contributed by atoms with Crippen LogP contribution in [0.3, 0.4) is 0 Å². The highest BCUT2D eigenvalue weighted by Gasteiger charge is 2.19. The van der Waals surface area contributed by atoms with Gasteiger partial charge in [-0.1, -0.05) is 24.3 Å². The van der Waals surface area contributed by atoms with Gasteiger partial charge in [0.05, 0.1) is 19.3 Å². The van der Waals surface area contributed by atoms with Crippen molar-refractivity contribution < 1.29 is 4.74 Å². The van der Waals surface area contributed by atoms with Crippen molar-refractivity contribution in [2.45, 2.75) is 26.1 Å². The normalized spacial score (nSPS) is 18.6. The van der Waals surface area contributed by atoms with E-state index in [0.29, 0.717) is 0 Å². The molecule has 3 rings (SSSR count). The quantitative estimate of drug-likeness (QED) is 0.921. The van der Waals surface area contributed by atoms with Crippen LogP contribution in [0.25, 0.3) is 0 Å². The van der Waals surface area contributed by atoms with Crippen LogP contribution < -0.4 is 5.32 Å². The maximum atomic E-state index is 5.62. The monoisotopic (exact) mass is 260 g/mol. The lowest BCUT2D eigenvalue weighted by Gasteiger charge is -2.26. The average molecular weight is 260 g/mol. The predicted octanol–water partition coefficient (Wildman–Crippen LogP) is 2.81. The smallest absolute Gasteiger partial charge is 0.107 e. The van der Waals surface area contributed by atoms with Gasteiger partial charge in [-0.25, -0.2) is 4.98 Å². The number of ether oxygens (including phenoxy) is 1. The van der Waals surface area contributed by atoms with Crippen LogP contribution in [0.5, 0.6) is 0 Å². The van der Waals surface area contributed by atoms with Crippen molar-refractivity contribution in [1.82, 2.24) is 10.3 Å². The molecule has 0 bridgehead atoms. The molecular weight excluding hydrogens is 244 g/mol. The summed E-state index contributed by atoms with van der Waals surface area (Å²) >= 11 is 1.74. The fourth-order valence-corrected chi connectivity index (χ4v) is 2.98. The largest absolute Gasteiger partial charge is 0.375 e. The molecule has 0 amide bonds. The van der Waals surface area contributed by atoms with Crippen molar-refractivity contribution in [1.29, 1.82) is 0 Å². The molecule has 1 aliphatic heterocycles. The minimum Gasteiger partial charge on any atom is -0.375 e. The van der Waals surface area contributed by atoms with Crippen molar-refractivity contribution in [2.75, 3.05) is 6.61 Å². The number of nitrogens with zero attached hydrogens (tertiary/aromatic N) is 1. The van der Waals surface area contributed by atoms with Crippen molar-refractivity contribution in [2.24, 2.45) is 0 Å². The summed E-state index contributed by atoms with van der Waals surface area (Å²) < 4.78 is 5.62. The minimum absolute atomic E-state index is 0.277. The Morgan fingerprint density at radius 1 is 1.44 bits per heavy atom. The van der Waals surface area contributed by atoms with Crippen LogP contribution in [0.4, 0.5) is 0 Å². The molecule has 0 spiro atoms. The summed E-state index contributed by atoms with van der Waals surface area (Å²) in [5.41, 5.74) is 2.65. The van der Waals surface area contributed by atoms with Crippen LogP contribution in [-0.2, 0) is 17.9 Å². The van der Waals surface area contributed by atoms with Crippen LogP contribution in [0, 0.1) is 6.92 Å². The Kier molecular flexibility index (Phi) is 3.41. The van der Waals surface area contributed by atoms with Crippen molar-refractivity contribution in [3.05, 3.63) is 51.5 Å². The second kappa shape index (κ2) is 5.18. The molecule has 1 unspecified atom stereocenters. The molecule has 2 heterocycles. The molecule has 1 atom stereocenters. The van der Waals surface area contributed by atoms with E-state index in [0.717, 1.165) is 24.8 Å². The number of benzene rings is 1. The van der Waals surface area contributed by atoms with E-state index in [2.05, 4.69) is 41.5 Å². The lowest BCUT2D eigenvalue weighted by Crippen LogP contribution is -2.29. The summed E-state index contributed by atoms with van der Waals surface area (Å²) in [5.74, 6) is 0. The molecule has 4 heteroatoms. The number of rotatable bonds is 3. The summed E-state index contributed by atoms with van der Waals surface area (Å²) in [6.07, 6.45) is 1.92. The van der Waals surface area contributed by atoms with Gasteiger partial charge < -0.3 is 10.1 Å². The third-order valence-electron chi connectivity index (χ3n) is 3.14. The Labute approximate surface area is 111 Å². The van der Waals surface area contributed by atoms with Crippen molar-refractivity contribution in [3.8, 4) is 0 Å². The van der Waals surface area contributed by atoms with E-state index < -0.39 is 0 Å². The minimum atomic E-state index is 0.277. The van der Waals surface area contributed by atoms with E-state index in [1.54, 1.807) is 11.3 Å². The second-order valence-electron chi connectivity index (χ2n) is 4.51. The Balaban J connectivity index is 1.71. The Hall–Kier alpha value is -1.23. The van der Waals surface area contributed by atoms with Gasteiger partial charge in [0.15, 0.2) is 0 Å². The highest BCUT2D eigenvalue weighted by atomic mass is 32.1. The molecule has 2 aromatic rings. The zero-order valence-electron chi connectivity index (χ0n) is 10.3. The number of hydrogen-bond donors (Lipinski definition) is 1. The number of thiazole rings is 1. The SMILES string of the molecule is Cc1cnc(CNC2COCc3ccccc32)s1. The molecule has 0 saturated carbocycles. The first-order valence-corrected chi connectivity index (χ1v) is 6.95. The predicted molar refractivity (Wildman–Crippen MR) is 72.5 cm³/mol. The van der Waals surface area contributed by atoms with Gasteiger partial charge in [0.25, 0.3) is 0 Å². The standard InChI is InChI=1S/C14H16N2OS/c1-10-6-16-14(18-10)7-15-13-9-17-8-11-4-2-3-5-12(11)13/h2-6,13,15H,7-9H2,1H3. The highest BCUT2D eigenvalue weighted by molar-refractivity contribution is 7.11. The lowest BCUT2D eigenvalue weighted by molar-refractivity contribution is 0.0817. The van der Waals surface area contributed by atoms with Crippen LogP contribution in [0.2, 0.25) is 0 Å². The third kappa shape index (κ3) is 2.46. The summed E-state index contributed by atoms with van der Waals surface area (Å²) in [5, 5.41) is 4.67. The van der Waals surface area contributed by atoms with E-state index in [1.807, 2.05) is 6.20 Å². The molecule has 0 radical (unpaired) electrons. The Morgan fingerprint density at radius 3 is 3.17 bits per heavy atom. The fourth-order valence-electron chi connectivity index (χ4n) is 2.24. The summed E-state index contributed by atoms with van der Waals surface area (Å²) in [6.45, 7) is 4.35. The molecule has 0 fully saturated rings.